The quantitative estimate of drug-likeness (QED) is 0.804. The summed E-state index contributed by atoms with van der Waals surface area (Å²) in [6.07, 6.45) is 0. The van der Waals surface area contributed by atoms with Crippen LogP contribution in [0.15, 0.2) is 18.2 Å². The molecule has 3 N–H and O–H groups in total. The molecule has 0 saturated heterocycles. The molecule has 0 amide bonds. The van der Waals surface area contributed by atoms with Crippen LogP contribution < -0.4 is 10.5 Å². The van der Waals surface area contributed by atoms with E-state index in [-0.39, 0.29) is 12.3 Å². The average molecular weight is 239 g/mol. The number of rotatable bonds is 3. The van der Waals surface area contributed by atoms with Gasteiger partial charge in [0, 0.05) is 5.39 Å². The number of aromatic nitrogens is 1. The van der Waals surface area contributed by atoms with Crippen LogP contribution in [0.2, 0.25) is 5.02 Å². The summed E-state index contributed by atoms with van der Waals surface area (Å²) < 4.78 is 5.18. The predicted octanol–water partition coefficient (Wildman–Crippen LogP) is 1.97. The van der Waals surface area contributed by atoms with Crippen molar-refractivity contribution in [2.45, 2.75) is 0 Å². The molecule has 0 radical (unpaired) electrons. The van der Waals surface area contributed by atoms with E-state index in [1.165, 1.54) is 0 Å². The number of aromatic amines is 1. The van der Waals surface area contributed by atoms with Crippen molar-refractivity contribution < 1.29 is 9.53 Å². The van der Waals surface area contributed by atoms with Gasteiger partial charge in [-0.3, -0.25) is 4.79 Å². The maximum Gasteiger partial charge on any atom is 0.192 e. The van der Waals surface area contributed by atoms with Gasteiger partial charge >= 0.3 is 0 Å². The molecule has 1 heterocycles. The SMILES string of the molecule is COc1ccc(Cl)c2cc(C(=O)CN)[nH]c12. The lowest BCUT2D eigenvalue weighted by atomic mass is 10.2. The molecular formula is C11H11ClN2O2. The van der Waals surface area contributed by atoms with Crippen molar-refractivity contribution in [1.29, 1.82) is 0 Å². The first kappa shape index (κ1) is 11.0. The Morgan fingerprint density at radius 2 is 2.31 bits per heavy atom. The zero-order valence-electron chi connectivity index (χ0n) is 8.71. The largest absolute Gasteiger partial charge is 0.495 e. The van der Waals surface area contributed by atoms with E-state index >= 15 is 0 Å². The fraction of sp³-hybridized carbons (Fsp3) is 0.182. The molecule has 0 bridgehead atoms. The molecule has 5 heteroatoms. The number of ketones is 1. The second-order valence-electron chi connectivity index (χ2n) is 3.35. The van der Waals surface area contributed by atoms with Gasteiger partial charge in [0.25, 0.3) is 0 Å². The van der Waals surface area contributed by atoms with Gasteiger partial charge in [0.1, 0.15) is 5.75 Å². The first-order valence-electron chi connectivity index (χ1n) is 4.76. The van der Waals surface area contributed by atoms with E-state index in [1.54, 1.807) is 25.3 Å². The van der Waals surface area contributed by atoms with Gasteiger partial charge in [-0.25, -0.2) is 0 Å². The van der Waals surface area contributed by atoms with Gasteiger partial charge in [0.05, 0.1) is 29.9 Å². The predicted molar refractivity (Wildman–Crippen MR) is 63.2 cm³/mol. The van der Waals surface area contributed by atoms with Crippen LogP contribution >= 0.6 is 11.6 Å². The normalized spacial score (nSPS) is 10.7. The molecule has 0 aliphatic carbocycles. The molecule has 4 nitrogen and oxygen atoms in total. The molecular weight excluding hydrogens is 228 g/mol. The Labute approximate surface area is 97.3 Å². The number of fused-ring (bicyclic) bond motifs is 1. The van der Waals surface area contributed by atoms with Crippen molar-refractivity contribution in [3.05, 3.63) is 28.9 Å². The number of hydrogen-bond donors (Lipinski definition) is 2. The highest BCUT2D eigenvalue weighted by Crippen LogP contribution is 2.31. The number of halogens is 1. The second-order valence-corrected chi connectivity index (χ2v) is 3.76. The molecule has 0 spiro atoms. The first-order valence-corrected chi connectivity index (χ1v) is 5.13. The summed E-state index contributed by atoms with van der Waals surface area (Å²) in [7, 11) is 1.56. The average Bonchev–Trinajstić information content (AvgIpc) is 2.74. The zero-order valence-corrected chi connectivity index (χ0v) is 9.47. The number of methoxy groups -OCH3 is 1. The number of carbonyl (C=O) groups excluding carboxylic acids is 1. The molecule has 84 valence electrons. The maximum absolute atomic E-state index is 11.5. The number of carbonyl (C=O) groups is 1. The van der Waals surface area contributed by atoms with E-state index in [1.807, 2.05) is 0 Å². The summed E-state index contributed by atoms with van der Waals surface area (Å²) in [5.74, 6) is 0.491. The number of H-pyrrole nitrogens is 1. The van der Waals surface area contributed by atoms with Gasteiger partial charge in [-0.05, 0) is 18.2 Å². The Kier molecular flexibility index (Phi) is 2.85. The van der Waals surface area contributed by atoms with Crippen molar-refractivity contribution in [2.24, 2.45) is 5.73 Å². The van der Waals surface area contributed by atoms with Gasteiger partial charge in [0.2, 0.25) is 0 Å². The Hall–Kier alpha value is -1.52. The molecule has 1 aromatic carbocycles. The molecule has 0 unspecified atom stereocenters. The van der Waals surface area contributed by atoms with Gasteiger partial charge in [-0.1, -0.05) is 11.6 Å². The Balaban J connectivity index is 2.68. The molecule has 0 saturated carbocycles. The van der Waals surface area contributed by atoms with Crippen LogP contribution in [-0.4, -0.2) is 24.4 Å². The third kappa shape index (κ3) is 1.66. The molecule has 2 aromatic rings. The lowest BCUT2D eigenvalue weighted by Crippen LogP contribution is -2.13. The summed E-state index contributed by atoms with van der Waals surface area (Å²) in [6, 6.07) is 5.17. The topological polar surface area (TPSA) is 68.1 Å². The first-order chi connectivity index (χ1) is 7.67. The molecule has 16 heavy (non-hydrogen) atoms. The number of Topliss-reactive ketones (excluding diaryl/α,β-unsaturated/α-hetero) is 1. The Morgan fingerprint density at radius 1 is 1.56 bits per heavy atom. The van der Waals surface area contributed by atoms with Crippen molar-refractivity contribution in [3.63, 3.8) is 0 Å². The highest BCUT2D eigenvalue weighted by Gasteiger charge is 2.12. The van der Waals surface area contributed by atoms with E-state index in [0.29, 0.717) is 22.0 Å². The maximum atomic E-state index is 11.5. The van der Waals surface area contributed by atoms with Gasteiger partial charge in [-0.2, -0.15) is 0 Å². The summed E-state index contributed by atoms with van der Waals surface area (Å²) in [5.41, 5.74) is 6.46. The summed E-state index contributed by atoms with van der Waals surface area (Å²) in [5, 5.41) is 1.33. The lowest BCUT2D eigenvalue weighted by molar-refractivity contribution is 0.0997. The van der Waals surface area contributed by atoms with Gasteiger partial charge in [0.15, 0.2) is 5.78 Å². The third-order valence-corrected chi connectivity index (χ3v) is 2.74. The minimum atomic E-state index is -0.158. The van der Waals surface area contributed by atoms with E-state index in [4.69, 9.17) is 22.1 Å². The minimum absolute atomic E-state index is 0.0350. The fourth-order valence-corrected chi connectivity index (χ4v) is 1.80. The van der Waals surface area contributed by atoms with Crippen LogP contribution in [0.4, 0.5) is 0 Å². The highest BCUT2D eigenvalue weighted by molar-refractivity contribution is 6.35. The molecule has 2 rings (SSSR count). The smallest absolute Gasteiger partial charge is 0.192 e. The monoisotopic (exact) mass is 238 g/mol. The van der Waals surface area contributed by atoms with Crippen LogP contribution in [-0.2, 0) is 0 Å². The van der Waals surface area contributed by atoms with E-state index in [9.17, 15) is 4.79 Å². The third-order valence-electron chi connectivity index (χ3n) is 2.41. The van der Waals surface area contributed by atoms with Crippen LogP contribution in [0, 0.1) is 0 Å². The molecule has 0 fully saturated rings. The fourth-order valence-electron chi connectivity index (χ4n) is 1.59. The van der Waals surface area contributed by atoms with Crippen molar-refractivity contribution in [1.82, 2.24) is 4.98 Å². The van der Waals surface area contributed by atoms with Gasteiger partial charge < -0.3 is 15.5 Å². The standard InChI is InChI=1S/C11H11ClN2O2/c1-16-10-3-2-7(12)6-4-8(9(15)5-13)14-11(6)10/h2-4,14H,5,13H2,1H3. The lowest BCUT2D eigenvalue weighted by Gasteiger charge is -2.01. The van der Waals surface area contributed by atoms with Gasteiger partial charge in [-0.15, -0.1) is 0 Å². The van der Waals surface area contributed by atoms with Crippen LogP contribution in [0.3, 0.4) is 0 Å². The Bertz CT molecular complexity index is 548. The zero-order chi connectivity index (χ0) is 11.7. The van der Waals surface area contributed by atoms with Crippen molar-refractivity contribution in [2.75, 3.05) is 13.7 Å². The van der Waals surface area contributed by atoms with Crippen LogP contribution in [0.5, 0.6) is 5.75 Å². The van der Waals surface area contributed by atoms with Crippen LogP contribution in [0.1, 0.15) is 10.5 Å². The summed E-state index contributed by atoms with van der Waals surface area (Å²) in [4.78, 5) is 14.4. The summed E-state index contributed by atoms with van der Waals surface area (Å²) >= 11 is 6.03. The number of ether oxygens (including phenoxy) is 1. The number of hydrogen-bond acceptors (Lipinski definition) is 3. The number of nitrogens with one attached hydrogen (secondary N) is 1. The number of benzene rings is 1. The highest BCUT2D eigenvalue weighted by atomic mass is 35.5. The molecule has 0 aliphatic heterocycles. The van der Waals surface area contributed by atoms with Crippen molar-refractivity contribution >= 4 is 28.3 Å². The molecule has 0 atom stereocenters. The van der Waals surface area contributed by atoms with Crippen LogP contribution in [0.25, 0.3) is 10.9 Å². The minimum Gasteiger partial charge on any atom is -0.495 e. The van der Waals surface area contributed by atoms with E-state index < -0.39 is 0 Å². The van der Waals surface area contributed by atoms with Crippen molar-refractivity contribution in [3.8, 4) is 5.75 Å². The number of nitrogens with two attached hydrogens (primary N) is 1. The molecule has 0 aliphatic rings. The van der Waals surface area contributed by atoms with E-state index in [0.717, 1.165) is 5.39 Å². The molecule has 1 aromatic heterocycles. The second kappa shape index (κ2) is 4.15. The van der Waals surface area contributed by atoms with E-state index in [2.05, 4.69) is 4.98 Å². The summed E-state index contributed by atoms with van der Waals surface area (Å²) in [6.45, 7) is -0.0350. The Morgan fingerprint density at radius 3 is 2.94 bits per heavy atom.